The number of carbonyl (C=O) groups excluding carboxylic acids is 2. The normalized spacial score (nSPS) is 12.0. The van der Waals surface area contributed by atoms with Crippen LogP contribution in [0.1, 0.15) is 59.7 Å². The summed E-state index contributed by atoms with van der Waals surface area (Å²) in [5, 5.41) is 1.15. The molecule has 0 amide bonds. The van der Waals surface area contributed by atoms with Gasteiger partial charge in [-0.05, 0) is 188 Å². The molecule has 12 aromatic carbocycles. The van der Waals surface area contributed by atoms with Gasteiger partial charge in [-0.15, -0.1) is 0 Å². The van der Waals surface area contributed by atoms with Gasteiger partial charge in [0.05, 0.1) is 5.41 Å². The van der Waals surface area contributed by atoms with Crippen molar-refractivity contribution < 1.29 is 19.1 Å². The first kappa shape index (κ1) is 51.6. The van der Waals surface area contributed by atoms with Crippen molar-refractivity contribution in [2.24, 2.45) is 0 Å². The minimum atomic E-state index is -0.901. The third kappa shape index (κ3) is 9.79. The van der Waals surface area contributed by atoms with E-state index < -0.39 is 5.41 Å². The first-order chi connectivity index (χ1) is 40.3. The van der Waals surface area contributed by atoms with Gasteiger partial charge in [0, 0.05) is 49.0 Å². The van der Waals surface area contributed by atoms with E-state index in [0.717, 1.165) is 83.5 Å². The summed E-state index contributed by atoms with van der Waals surface area (Å²) in [7, 11) is 0. The van der Waals surface area contributed by atoms with Gasteiger partial charge in [-0.25, -0.2) is 0 Å². The molecule has 1 aliphatic carbocycles. The standard InChI is InChI=1S/C76H50Cl2O4/c77-60-37-29-54(30-38-60)73(79)56-33-41-62(42-34-56)81-49-70-66(50-17-5-1-6-18-50)45-58(46-67(70)51-19-7-2-8-20-51)76(71-27-15-13-25-64(71)65-26-14-16-28-72(65)76)59-47-68(52-21-9-3-10-22-52)75(69(48-59)53-23-11-4-12-24-53)82-63-43-35-57(36-44-63)74(80)55-31-39-61(78)40-32-55/h1-48H,49H2. The van der Waals surface area contributed by atoms with Gasteiger partial charge in [-0.1, -0.05) is 193 Å². The Kier molecular flexibility index (Phi) is 14.1. The summed E-state index contributed by atoms with van der Waals surface area (Å²) in [6.45, 7) is 0.234. The molecule has 0 atom stereocenters. The minimum absolute atomic E-state index is 0.0930. The number of ketones is 2. The highest BCUT2D eigenvalue weighted by Gasteiger charge is 2.47. The molecule has 4 nitrogen and oxygen atoms in total. The fourth-order valence-corrected chi connectivity index (χ4v) is 11.9. The second kappa shape index (κ2) is 22.4. The van der Waals surface area contributed by atoms with Crippen LogP contribution in [0.2, 0.25) is 10.0 Å². The van der Waals surface area contributed by atoms with Crippen molar-refractivity contribution in [3.63, 3.8) is 0 Å². The zero-order chi connectivity index (χ0) is 55.6. The SMILES string of the molecule is O=C(c1ccc(Cl)cc1)c1ccc(OCc2c(-c3ccccc3)cc(C3(c4cc(-c5ccccc5)c(Oc5ccc(C(=O)c6ccc(Cl)cc6)cc5)c(-c5ccccc5)c4)c4ccccc4-c4ccccc43)cc2-c2ccccc2)cc1. The summed E-state index contributed by atoms with van der Waals surface area (Å²) >= 11 is 12.3. The number of ether oxygens (including phenoxy) is 2. The van der Waals surface area contributed by atoms with E-state index in [1.54, 1.807) is 48.5 Å². The van der Waals surface area contributed by atoms with Crippen molar-refractivity contribution in [3.05, 3.63) is 351 Å². The predicted octanol–water partition coefficient (Wildman–Crippen LogP) is 19.9. The Morgan fingerprint density at radius 2 is 0.646 bits per heavy atom. The zero-order valence-corrected chi connectivity index (χ0v) is 45.8. The molecule has 82 heavy (non-hydrogen) atoms. The van der Waals surface area contributed by atoms with Gasteiger partial charge < -0.3 is 9.47 Å². The van der Waals surface area contributed by atoms with Crippen LogP contribution >= 0.6 is 23.2 Å². The molecule has 12 aromatic rings. The summed E-state index contributed by atoms with van der Waals surface area (Å²) in [4.78, 5) is 27.2. The Balaban J connectivity index is 1.03. The second-order valence-corrected chi connectivity index (χ2v) is 21.2. The van der Waals surface area contributed by atoms with E-state index in [0.29, 0.717) is 49.5 Å². The molecule has 392 valence electrons. The molecular formula is C76H50Cl2O4. The Morgan fingerprint density at radius 1 is 0.329 bits per heavy atom. The van der Waals surface area contributed by atoms with Gasteiger partial charge in [-0.3, -0.25) is 9.59 Å². The van der Waals surface area contributed by atoms with E-state index in [1.165, 1.54) is 0 Å². The van der Waals surface area contributed by atoms with Gasteiger partial charge in [0.1, 0.15) is 23.9 Å². The smallest absolute Gasteiger partial charge is 0.193 e. The molecule has 0 spiro atoms. The summed E-state index contributed by atoms with van der Waals surface area (Å²) in [5.74, 6) is 1.70. The number of fused-ring (bicyclic) bond motifs is 3. The maximum Gasteiger partial charge on any atom is 0.193 e. The number of hydrogen-bond acceptors (Lipinski definition) is 4. The van der Waals surface area contributed by atoms with Crippen LogP contribution < -0.4 is 9.47 Å². The van der Waals surface area contributed by atoms with Crippen molar-refractivity contribution in [3.8, 4) is 72.9 Å². The number of hydrogen-bond donors (Lipinski definition) is 0. The lowest BCUT2D eigenvalue weighted by molar-refractivity contribution is 0.103. The molecule has 1 aliphatic rings. The van der Waals surface area contributed by atoms with Crippen LogP contribution in [0.15, 0.2) is 291 Å². The van der Waals surface area contributed by atoms with Gasteiger partial charge in [0.2, 0.25) is 0 Å². The summed E-state index contributed by atoms with van der Waals surface area (Å²) < 4.78 is 14.0. The molecule has 0 aliphatic heterocycles. The van der Waals surface area contributed by atoms with Crippen LogP contribution in [0.25, 0.3) is 55.6 Å². The molecule has 0 saturated carbocycles. The summed E-state index contributed by atoms with van der Waals surface area (Å²) in [5.41, 5.74) is 16.9. The van der Waals surface area contributed by atoms with Crippen LogP contribution in [-0.2, 0) is 12.0 Å². The molecule has 13 rings (SSSR count). The number of halogens is 2. The third-order valence-electron chi connectivity index (χ3n) is 15.5. The molecule has 0 aromatic heterocycles. The average molecular weight is 1100 g/mol. The van der Waals surface area contributed by atoms with Crippen LogP contribution in [0.3, 0.4) is 0 Å². The van der Waals surface area contributed by atoms with E-state index in [-0.39, 0.29) is 18.2 Å². The summed E-state index contributed by atoms with van der Waals surface area (Å²) in [6.07, 6.45) is 0. The maximum absolute atomic E-state index is 13.7. The van der Waals surface area contributed by atoms with Gasteiger partial charge in [0.15, 0.2) is 11.6 Å². The van der Waals surface area contributed by atoms with Crippen molar-refractivity contribution >= 4 is 34.8 Å². The molecule has 0 bridgehead atoms. The Bertz CT molecular complexity index is 4130. The average Bonchev–Trinajstić information content (AvgIpc) is 1.79. The molecule has 0 N–H and O–H groups in total. The first-order valence-electron chi connectivity index (χ1n) is 27.2. The number of carbonyl (C=O) groups is 2. The molecule has 0 fully saturated rings. The highest BCUT2D eigenvalue weighted by Crippen LogP contribution is 2.59. The third-order valence-corrected chi connectivity index (χ3v) is 16.0. The van der Waals surface area contributed by atoms with E-state index in [9.17, 15) is 9.59 Å². The highest BCUT2D eigenvalue weighted by molar-refractivity contribution is 6.31. The maximum atomic E-state index is 13.7. The zero-order valence-electron chi connectivity index (χ0n) is 44.3. The molecule has 0 heterocycles. The molecule has 0 saturated heterocycles. The fourth-order valence-electron chi connectivity index (χ4n) is 11.6. The summed E-state index contributed by atoms with van der Waals surface area (Å²) in [6, 6.07) is 97.7. The van der Waals surface area contributed by atoms with E-state index in [1.807, 2.05) is 60.7 Å². The number of benzene rings is 12. The van der Waals surface area contributed by atoms with Gasteiger partial charge in [-0.2, -0.15) is 0 Å². The van der Waals surface area contributed by atoms with Crippen LogP contribution in [0, 0.1) is 0 Å². The lowest BCUT2D eigenvalue weighted by Crippen LogP contribution is -2.29. The van der Waals surface area contributed by atoms with Gasteiger partial charge in [0.25, 0.3) is 0 Å². The number of rotatable bonds is 15. The Labute approximate surface area is 487 Å². The first-order valence-corrected chi connectivity index (χ1v) is 27.9. The minimum Gasteiger partial charge on any atom is -0.489 e. The largest absolute Gasteiger partial charge is 0.489 e. The van der Waals surface area contributed by atoms with Crippen molar-refractivity contribution in [2.75, 3.05) is 0 Å². The van der Waals surface area contributed by atoms with Crippen LogP contribution in [-0.4, -0.2) is 11.6 Å². The Morgan fingerprint density at radius 3 is 1.04 bits per heavy atom. The predicted molar refractivity (Wildman–Crippen MR) is 333 cm³/mol. The van der Waals surface area contributed by atoms with Crippen LogP contribution in [0.4, 0.5) is 0 Å². The molecule has 0 unspecified atom stereocenters. The lowest BCUT2D eigenvalue weighted by Gasteiger charge is -2.36. The van der Waals surface area contributed by atoms with Crippen LogP contribution in [0.5, 0.6) is 17.2 Å². The quantitative estimate of drug-likeness (QED) is 0.0960. The molecule has 0 radical (unpaired) electrons. The Hall–Kier alpha value is -9.84. The van der Waals surface area contributed by atoms with E-state index >= 15 is 0 Å². The second-order valence-electron chi connectivity index (χ2n) is 20.4. The van der Waals surface area contributed by atoms with E-state index in [2.05, 4.69) is 182 Å². The van der Waals surface area contributed by atoms with Crippen molar-refractivity contribution in [1.29, 1.82) is 0 Å². The highest BCUT2D eigenvalue weighted by atomic mass is 35.5. The fraction of sp³-hybridized carbons (Fsp3) is 0.0263. The van der Waals surface area contributed by atoms with E-state index in [4.69, 9.17) is 32.7 Å². The lowest BCUT2D eigenvalue weighted by atomic mass is 9.65. The van der Waals surface area contributed by atoms with Crippen molar-refractivity contribution in [2.45, 2.75) is 12.0 Å². The molecule has 6 heteroatoms. The van der Waals surface area contributed by atoms with Crippen molar-refractivity contribution in [1.82, 2.24) is 0 Å². The van der Waals surface area contributed by atoms with Gasteiger partial charge >= 0.3 is 0 Å². The topological polar surface area (TPSA) is 52.6 Å². The monoisotopic (exact) mass is 1100 g/mol. The molecular weight excluding hydrogens is 1050 g/mol.